The summed E-state index contributed by atoms with van der Waals surface area (Å²) in [6, 6.07) is 4.61. The van der Waals surface area contributed by atoms with Gasteiger partial charge in [-0.25, -0.2) is 0 Å². The van der Waals surface area contributed by atoms with Gasteiger partial charge < -0.3 is 15.2 Å². The molecule has 0 aliphatic heterocycles. The molecule has 0 saturated heterocycles. The maximum Gasteiger partial charge on any atom is 0.125 e. The average Bonchev–Trinajstić information content (AvgIpc) is 2.42. The molecule has 21 heavy (non-hydrogen) atoms. The molecule has 1 aliphatic rings. The van der Waals surface area contributed by atoms with Crippen molar-refractivity contribution in [2.24, 2.45) is 0 Å². The van der Waals surface area contributed by atoms with Gasteiger partial charge in [0.1, 0.15) is 5.75 Å². The van der Waals surface area contributed by atoms with E-state index >= 15 is 0 Å². The fourth-order valence-electron chi connectivity index (χ4n) is 3.28. The molecule has 0 amide bonds. The number of aliphatic hydroxyl groups excluding tert-OH is 1. The number of ether oxygens (including phenoxy) is 1. The van der Waals surface area contributed by atoms with Crippen LogP contribution in [0.1, 0.15) is 48.8 Å². The molecule has 3 heteroatoms. The zero-order chi connectivity index (χ0) is 15.2. The zero-order valence-corrected chi connectivity index (χ0v) is 13.6. The molecule has 0 radical (unpaired) electrons. The molecule has 0 spiro atoms. The third-order valence-corrected chi connectivity index (χ3v) is 4.31. The maximum absolute atomic E-state index is 9.91. The minimum Gasteiger partial charge on any atom is -0.493 e. The van der Waals surface area contributed by atoms with Crippen molar-refractivity contribution in [3.63, 3.8) is 0 Å². The Balaban J connectivity index is 1.70. The third-order valence-electron chi connectivity index (χ3n) is 4.31. The van der Waals surface area contributed by atoms with Crippen molar-refractivity contribution in [1.82, 2.24) is 5.32 Å². The number of aryl methyl sites for hydroxylation is 3. The normalized spacial score (nSPS) is 22.3. The van der Waals surface area contributed by atoms with E-state index < -0.39 is 0 Å². The number of aliphatic hydroxyl groups is 1. The maximum atomic E-state index is 9.91. The minimum atomic E-state index is -0.166. The van der Waals surface area contributed by atoms with Crippen LogP contribution in [0.25, 0.3) is 0 Å². The highest BCUT2D eigenvalue weighted by Crippen LogP contribution is 2.24. The molecular weight excluding hydrogens is 262 g/mol. The fraction of sp³-hybridized carbons (Fsp3) is 0.667. The highest BCUT2D eigenvalue weighted by molar-refractivity contribution is 5.42. The van der Waals surface area contributed by atoms with Crippen molar-refractivity contribution in [1.29, 1.82) is 0 Å². The molecule has 0 bridgehead atoms. The van der Waals surface area contributed by atoms with E-state index in [0.717, 1.165) is 44.6 Å². The summed E-state index contributed by atoms with van der Waals surface area (Å²) in [7, 11) is 0. The Bertz CT molecular complexity index is 436. The lowest BCUT2D eigenvalue weighted by molar-refractivity contribution is 0.0903. The van der Waals surface area contributed by atoms with Crippen LogP contribution >= 0.6 is 0 Å². The summed E-state index contributed by atoms with van der Waals surface area (Å²) >= 11 is 0. The monoisotopic (exact) mass is 291 g/mol. The summed E-state index contributed by atoms with van der Waals surface area (Å²) in [5.74, 6) is 1.03. The second-order valence-corrected chi connectivity index (χ2v) is 6.34. The van der Waals surface area contributed by atoms with E-state index in [1.807, 2.05) is 0 Å². The molecule has 0 aromatic heterocycles. The number of benzene rings is 1. The summed E-state index contributed by atoms with van der Waals surface area (Å²) in [5, 5.41) is 13.4. The molecular formula is C18H29NO2. The first-order valence-corrected chi connectivity index (χ1v) is 8.20. The Kier molecular flexibility index (Phi) is 6.07. The van der Waals surface area contributed by atoms with Gasteiger partial charge in [-0.3, -0.25) is 0 Å². The molecule has 1 fully saturated rings. The lowest BCUT2D eigenvalue weighted by atomic mass is 9.92. The minimum absolute atomic E-state index is 0.166. The first-order valence-electron chi connectivity index (χ1n) is 8.20. The van der Waals surface area contributed by atoms with Crippen LogP contribution < -0.4 is 10.1 Å². The largest absolute Gasteiger partial charge is 0.493 e. The van der Waals surface area contributed by atoms with Crippen molar-refractivity contribution in [2.45, 2.75) is 65.0 Å². The van der Waals surface area contributed by atoms with E-state index in [2.05, 4.69) is 38.2 Å². The summed E-state index contributed by atoms with van der Waals surface area (Å²) in [4.78, 5) is 0. The van der Waals surface area contributed by atoms with Crippen LogP contribution in [0.4, 0.5) is 0 Å². The second-order valence-electron chi connectivity index (χ2n) is 6.34. The summed E-state index contributed by atoms with van der Waals surface area (Å²) in [6.45, 7) is 7.95. The van der Waals surface area contributed by atoms with Gasteiger partial charge >= 0.3 is 0 Å². The smallest absolute Gasteiger partial charge is 0.125 e. The predicted octanol–water partition coefficient (Wildman–Crippen LogP) is 3.27. The van der Waals surface area contributed by atoms with Gasteiger partial charge in [-0.05, 0) is 57.7 Å². The van der Waals surface area contributed by atoms with Gasteiger partial charge in [0.15, 0.2) is 0 Å². The molecule has 118 valence electrons. The molecule has 0 heterocycles. The Morgan fingerprint density at radius 2 is 1.81 bits per heavy atom. The van der Waals surface area contributed by atoms with Gasteiger partial charge in [-0.15, -0.1) is 0 Å². The van der Waals surface area contributed by atoms with Gasteiger partial charge in [-0.1, -0.05) is 30.5 Å². The number of rotatable bonds is 6. The first-order chi connectivity index (χ1) is 10.1. The number of nitrogens with one attached hydrogen (secondary N) is 1. The molecule has 1 saturated carbocycles. The number of hydrogen-bond donors (Lipinski definition) is 2. The van der Waals surface area contributed by atoms with E-state index in [1.54, 1.807) is 0 Å². The van der Waals surface area contributed by atoms with Crippen molar-refractivity contribution in [3.05, 3.63) is 28.8 Å². The summed E-state index contributed by atoms with van der Waals surface area (Å²) < 4.78 is 5.94. The summed E-state index contributed by atoms with van der Waals surface area (Å²) in [6.07, 6.45) is 5.23. The Morgan fingerprint density at radius 1 is 1.14 bits per heavy atom. The van der Waals surface area contributed by atoms with Crippen LogP contribution in [-0.2, 0) is 0 Å². The Morgan fingerprint density at radius 3 is 2.48 bits per heavy atom. The SMILES string of the molecule is Cc1cc(C)c(OCCCN[C@@H]2CCCC[C@H]2O)c(C)c1. The predicted molar refractivity (Wildman–Crippen MR) is 87.0 cm³/mol. The Labute approximate surface area is 128 Å². The van der Waals surface area contributed by atoms with E-state index in [0.29, 0.717) is 0 Å². The van der Waals surface area contributed by atoms with Gasteiger partial charge in [0.2, 0.25) is 0 Å². The van der Waals surface area contributed by atoms with Crippen LogP contribution in [0.15, 0.2) is 12.1 Å². The lowest BCUT2D eigenvalue weighted by Crippen LogP contribution is -2.42. The van der Waals surface area contributed by atoms with E-state index in [9.17, 15) is 5.11 Å². The van der Waals surface area contributed by atoms with Crippen LogP contribution in [-0.4, -0.2) is 30.4 Å². The van der Waals surface area contributed by atoms with Crippen molar-refractivity contribution < 1.29 is 9.84 Å². The molecule has 0 unspecified atom stereocenters. The Hall–Kier alpha value is -1.06. The summed E-state index contributed by atoms with van der Waals surface area (Å²) in [5.41, 5.74) is 3.71. The van der Waals surface area contributed by atoms with Crippen LogP contribution in [0.5, 0.6) is 5.75 Å². The molecule has 1 aromatic rings. The second kappa shape index (κ2) is 7.81. The van der Waals surface area contributed by atoms with Gasteiger partial charge in [0.05, 0.1) is 12.7 Å². The van der Waals surface area contributed by atoms with Crippen LogP contribution in [0.3, 0.4) is 0 Å². The fourth-order valence-corrected chi connectivity index (χ4v) is 3.28. The van der Waals surface area contributed by atoms with E-state index in [4.69, 9.17) is 4.74 Å². The molecule has 1 aromatic carbocycles. The third kappa shape index (κ3) is 4.72. The van der Waals surface area contributed by atoms with E-state index in [1.165, 1.54) is 23.1 Å². The van der Waals surface area contributed by atoms with Crippen molar-refractivity contribution >= 4 is 0 Å². The van der Waals surface area contributed by atoms with Crippen LogP contribution in [0, 0.1) is 20.8 Å². The molecule has 1 aliphatic carbocycles. The highest BCUT2D eigenvalue weighted by atomic mass is 16.5. The van der Waals surface area contributed by atoms with Gasteiger partial charge in [0.25, 0.3) is 0 Å². The van der Waals surface area contributed by atoms with Crippen molar-refractivity contribution in [3.8, 4) is 5.75 Å². The topological polar surface area (TPSA) is 41.5 Å². The van der Waals surface area contributed by atoms with Gasteiger partial charge in [0, 0.05) is 6.04 Å². The first kappa shape index (κ1) is 16.3. The average molecular weight is 291 g/mol. The molecule has 2 rings (SSSR count). The number of hydrogen-bond acceptors (Lipinski definition) is 3. The molecule has 3 nitrogen and oxygen atoms in total. The quantitative estimate of drug-likeness (QED) is 0.790. The molecule has 2 N–H and O–H groups in total. The standard InChI is InChI=1S/C18H29NO2/c1-13-11-14(2)18(15(3)12-13)21-10-6-9-19-16-7-4-5-8-17(16)20/h11-12,16-17,19-20H,4-10H2,1-3H3/t16-,17-/m1/s1. The zero-order valence-electron chi connectivity index (χ0n) is 13.6. The van der Waals surface area contributed by atoms with Crippen molar-refractivity contribution in [2.75, 3.05) is 13.2 Å². The molecule has 2 atom stereocenters. The van der Waals surface area contributed by atoms with Crippen LogP contribution in [0.2, 0.25) is 0 Å². The van der Waals surface area contributed by atoms with E-state index in [-0.39, 0.29) is 12.1 Å². The van der Waals surface area contributed by atoms with Gasteiger partial charge in [-0.2, -0.15) is 0 Å². The highest BCUT2D eigenvalue weighted by Gasteiger charge is 2.21. The lowest BCUT2D eigenvalue weighted by Gasteiger charge is -2.28.